The number of carbonyl (C=O) groups excluding carboxylic acids is 1. The summed E-state index contributed by atoms with van der Waals surface area (Å²) in [6.45, 7) is 4.77. The summed E-state index contributed by atoms with van der Waals surface area (Å²) in [5.74, 6) is 2.10. The first-order chi connectivity index (χ1) is 14.0. The smallest absolute Gasteiger partial charge is 0.324 e. The zero-order valence-corrected chi connectivity index (χ0v) is 17.6. The van der Waals surface area contributed by atoms with Gasteiger partial charge in [0.05, 0.1) is 12.5 Å². The van der Waals surface area contributed by atoms with Crippen LogP contribution in [0.5, 0.6) is 5.75 Å². The Bertz CT molecular complexity index is 1130. The Labute approximate surface area is 172 Å². The van der Waals surface area contributed by atoms with Crippen molar-refractivity contribution in [3.8, 4) is 5.75 Å². The fourth-order valence-electron chi connectivity index (χ4n) is 3.63. The number of thiophene rings is 1. The fourth-order valence-corrected chi connectivity index (χ4v) is 4.72. The number of aryl methyl sites for hydroxylation is 2. The van der Waals surface area contributed by atoms with Crippen molar-refractivity contribution in [3.05, 3.63) is 46.0 Å². The number of anilines is 2. The lowest BCUT2D eigenvalue weighted by Gasteiger charge is -2.09. The molecule has 1 atom stereocenters. The van der Waals surface area contributed by atoms with Crippen LogP contribution in [-0.4, -0.2) is 22.7 Å². The van der Waals surface area contributed by atoms with Gasteiger partial charge in [-0.3, -0.25) is 14.7 Å². The van der Waals surface area contributed by atoms with Crippen LogP contribution in [0.3, 0.4) is 0 Å². The molecule has 0 saturated heterocycles. The Morgan fingerprint density at radius 2 is 2.14 bits per heavy atom. The summed E-state index contributed by atoms with van der Waals surface area (Å²) in [5, 5.41) is 6.89. The van der Waals surface area contributed by atoms with Gasteiger partial charge in [-0.25, -0.2) is 9.78 Å². The van der Waals surface area contributed by atoms with E-state index in [2.05, 4.69) is 17.6 Å². The molecule has 152 valence electrons. The predicted molar refractivity (Wildman–Crippen MR) is 116 cm³/mol. The van der Waals surface area contributed by atoms with Gasteiger partial charge in [0.2, 0.25) is 0 Å². The van der Waals surface area contributed by atoms with Crippen molar-refractivity contribution in [3.63, 3.8) is 0 Å². The summed E-state index contributed by atoms with van der Waals surface area (Å²) in [6.07, 6.45) is 2.83. The summed E-state index contributed by atoms with van der Waals surface area (Å²) < 4.78 is 6.99. The van der Waals surface area contributed by atoms with E-state index in [0.29, 0.717) is 39.1 Å². The van der Waals surface area contributed by atoms with E-state index in [-0.39, 0.29) is 11.6 Å². The Hall–Kier alpha value is -2.87. The van der Waals surface area contributed by atoms with Gasteiger partial charge in [-0.1, -0.05) is 24.3 Å². The van der Waals surface area contributed by atoms with Crippen LogP contribution in [0.15, 0.2) is 29.1 Å². The minimum atomic E-state index is -0.372. The highest BCUT2D eigenvalue weighted by molar-refractivity contribution is 7.22. The van der Waals surface area contributed by atoms with E-state index in [9.17, 15) is 9.59 Å². The number of ether oxygens (including phenoxy) is 1. The van der Waals surface area contributed by atoms with Crippen LogP contribution in [0.25, 0.3) is 10.2 Å². The van der Waals surface area contributed by atoms with Crippen molar-refractivity contribution < 1.29 is 9.53 Å². The van der Waals surface area contributed by atoms with Gasteiger partial charge in [-0.05, 0) is 43.4 Å². The topological polar surface area (TPSA) is 85.2 Å². The van der Waals surface area contributed by atoms with Gasteiger partial charge < -0.3 is 10.1 Å². The second kappa shape index (κ2) is 7.87. The number of benzene rings is 1. The molecule has 0 spiro atoms. The third-order valence-corrected chi connectivity index (χ3v) is 6.49. The van der Waals surface area contributed by atoms with Crippen LogP contribution < -0.4 is 20.9 Å². The predicted octanol–water partition coefficient (Wildman–Crippen LogP) is 4.39. The Balaban J connectivity index is 1.61. The molecular weight excluding hydrogens is 388 g/mol. The number of urea groups is 1. The number of rotatable bonds is 3. The van der Waals surface area contributed by atoms with Crippen molar-refractivity contribution in [1.82, 2.24) is 9.55 Å². The average molecular weight is 413 g/mol. The van der Waals surface area contributed by atoms with Crippen molar-refractivity contribution >= 4 is 38.3 Å². The lowest BCUT2D eigenvalue weighted by Crippen LogP contribution is -2.24. The highest BCUT2D eigenvalue weighted by Crippen LogP contribution is 2.33. The summed E-state index contributed by atoms with van der Waals surface area (Å²) >= 11 is 1.34. The maximum atomic E-state index is 13.1. The molecular formula is C21H24N4O3S. The van der Waals surface area contributed by atoms with E-state index in [1.165, 1.54) is 11.3 Å². The van der Waals surface area contributed by atoms with Crippen LogP contribution in [0.1, 0.15) is 31.2 Å². The Morgan fingerprint density at radius 3 is 2.93 bits per heavy atom. The molecule has 4 rings (SSSR count). The molecule has 0 aliphatic carbocycles. The van der Waals surface area contributed by atoms with Gasteiger partial charge in [0.15, 0.2) is 0 Å². The molecule has 2 N–H and O–H groups in total. The van der Waals surface area contributed by atoms with E-state index >= 15 is 0 Å². The SMILES string of the molecule is COc1cccc(NC(=O)Nc2sc3nc4n(c(=O)c3c2C)CC[C@H](C)CC4)c1. The zero-order chi connectivity index (χ0) is 20.5. The molecule has 0 saturated carbocycles. The van der Waals surface area contributed by atoms with E-state index in [0.717, 1.165) is 30.7 Å². The first-order valence-corrected chi connectivity index (χ1v) is 10.5. The van der Waals surface area contributed by atoms with Gasteiger partial charge in [0.1, 0.15) is 21.4 Å². The van der Waals surface area contributed by atoms with Crippen molar-refractivity contribution in [2.45, 2.75) is 39.7 Å². The monoisotopic (exact) mass is 412 g/mol. The van der Waals surface area contributed by atoms with E-state index in [1.54, 1.807) is 25.3 Å². The molecule has 1 aliphatic heterocycles. The molecule has 0 fully saturated rings. The van der Waals surface area contributed by atoms with E-state index in [1.807, 2.05) is 17.6 Å². The molecule has 2 aromatic heterocycles. The maximum absolute atomic E-state index is 13.1. The Kier molecular flexibility index (Phi) is 5.27. The summed E-state index contributed by atoms with van der Waals surface area (Å²) in [7, 11) is 1.58. The summed E-state index contributed by atoms with van der Waals surface area (Å²) in [6, 6.07) is 6.76. The maximum Gasteiger partial charge on any atom is 0.324 e. The number of methoxy groups -OCH3 is 1. The van der Waals surface area contributed by atoms with Gasteiger partial charge in [0, 0.05) is 24.7 Å². The third kappa shape index (κ3) is 3.85. The largest absolute Gasteiger partial charge is 0.497 e. The number of carbonyl (C=O) groups is 1. The van der Waals surface area contributed by atoms with Crippen molar-refractivity contribution in [1.29, 1.82) is 0 Å². The van der Waals surface area contributed by atoms with Crippen molar-refractivity contribution in [2.75, 3.05) is 17.7 Å². The molecule has 0 unspecified atom stereocenters. The summed E-state index contributed by atoms with van der Waals surface area (Å²) in [4.78, 5) is 31.0. The minimum Gasteiger partial charge on any atom is -0.497 e. The van der Waals surface area contributed by atoms with Gasteiger partial charge in [-0.15, -0.1) is 0 Å². The van der Waals surface area contributed by atoms with E-state index < -0.39 is 0 Å². The Morgan fingerprint density at radius 1 is 1.31 bits per heavy atom. The second-order valence-electron chi connectivity index (χ2n) is 7.46. The lowest BCUT2D eigenvalue weighted by atomic mass is 10.0. The fraction of sp³-hybridized carbons (Fsp3) is 0.381. The van der Waals surface area contributed by atoms with E-state index in [4.69, 9.17) is 9.72 Å². The highest BCUT2D eigenvalue weighted by atomic mass is 32.1. The van der Waals surface area contributed by atoms with Crippen LogP contribution in [-0.2, 0) is 13.0 Å². The first-order valence-electron chi connectivity index (χ1n) is 9.71. The number of hydrogen-bond donors (Lipinski definition) is 2. The number of fused-ring (bicyclic) bond motifs is 2. The lowest BCUT2D eigenvalue weighted by molar-refractivity contribution is 0.262. The minimum absolute atomic E-state index is 0.00546. The van der Waals surface area contributed by atoms with Crippen LogP contribution in [0.2, 0.25) is 0 Å². The quantitative estimate of drug-likeness (QED) is 0.668. The molecule has 0 radical (unpaired) electrons. The molecule has 2 amide bonds. The molecule has 1 aliphatic rings. The zero-order valence-electron chi connectivity index (χ0n) is 16.7. The van der Waals surface area contributed by atoms with Gasteiger partial charge >= 0.3 is 6.03 Å². The molecule has 0 bridgehead atoms. The normalized spacial score (nSPS) is 16.2. The van der Waals surface area contributed by atoms with Crippen LogP contribution in [0.4, 0.5) is 15.5 Å². The first kappa shape index (κ1) is 19.4. The molecule has 7 nitrogen and oxygen atoms in total. The third-order valence-electron chi connectivity index (χ3n) is 5.39. The molecule has 29 heavy (non-hydrogen) atoms. The molecule has 1 aromatic carbocycles. The van der Waals surface area contributed by atoms with Gasteiger partial charge in [-0.2, -0.15) is 0 Å². The van der Waals surface area contributed by atoms with Crippen LogP contribution in [0, 0.1) is 12.8 Å². The number of amides is 2. The summed E-state index contributed by atoms with van der Waals surface area (Å²) in [5.41, 5.74) is 1.38. The molecule has 8 heteroatoms. The number of hydrogen-bond acceptors (Lipinski definition) is 5. The molecule has 3 aromatic rings. The number of nitrogens with zero attached hydrogens (tertiary/aromatic N) is 2. The van der Waals surface area contributed by atoms with Crippen LogP contribution >= 0.6 is 11.3 Å². The number of nitrogens with one attached hydrogen (secondary N) is 2. The second-order valence-corrected chi connectivity index (χ2v) is 8.46. The van der Waals surface area contributed by atoms with Gasteiger partial charge in [0.25, 0.3) is 5.56 Å². The highest BCUT2D eigenvalue weighted by Gasteiger charge is 2.21. The average Bonchev–Trinajstić information content (AvgIpc) is 2.87. The van der Waals surface area contributed by atoms with Crippen molar-refractivity contribution in [2.24, 2.45) is 5.92 Å². The molecule has 3 heterocycles. The standard InChI is InChI=1S/C21H24N4O3S/c1-12-7-8-16-23-19-17(20(26)25(16)10-9-12)13(2)18(29-19)24-21(27)22-14-5-4-6-15(11-14)28-3/h4-6,11-12H,7-10H2,1-3H3,(H2,22,24,27)/t12-/m1/s1. The number of aromatic nitrogens is 2.